The van der Waals surface area contributed by atoms with Gasteiger partial charge in [0.2, 0.25) is 0 Å². The summed E-state index contributed by atoms with van der Waals surface area (Å²) >= 11 is 0. The SMILES string of the molecule is CCc1ccc(-n2ccc([C@H]3OCCN3c3ccccc3OC)c2)cc1. The van der Waals surface area contributed by atoms with Crippen molar-refractivity contribution in [2.24, 2.45) is 0 Å². The molecular weight excluding hydrogens is 324 g/mol. The molecule has 1 aliphatic heterocycles. The van der Waals surface area contributed by atoms with Gasteiger partial charge in [0.25, 0.3) is 0 Å². The lowest BCUT2D eigenvalue weighted by molar-refractivity contribution is 0.113. The van der Waals surface area contributed by atoms with Crippen LogP contribution in [0.15, 0.2) is 67.0 Å². The molecule has 0 bridgehead atoms. The summed E-state index contributed by atoms with van der Waals surface area (Å²) in [6.45, 7) is 3.73. The Bertz CT molecular complexity index is 870. The molecular formula is C22H24N2O2. The summed E-state index contributed by atoms with van der Waals surface area (Å²) in [7, 11) is 1.71. The van der Waals surface area contributed by atoms with Crippen LogP contribution in [0, 0.1) is 0 Å². The lowest BCUT2D eigenvalue weighted by atomic mass is 10.1. The monoisotopic (exact) mass is 348 g/mol. The summed E-state index contributed by atoms with van der Waals surface area (Å²) in [5, 5.41) is 0. The van der Waals surface area contributed by atoms with Gasteiger partial charge in [0, 0.05) is 30.2 Å². The fourth-order valence-electron chi connectivity index (χ4n) is 3.48. The van der Waals surface area contributed by atoms with Gasteiger partial charge >= 0.3 is 0 Å². The van der Waals surface area contributed by atoms with Gasteiger partial charge < -0.3 is 18.9 Å². The van der Waals surface area contributed by atoms with Gasteiger partial charge in [-0.05, 0) is 42.3 Å². The molecule has 134 valence electrons. The second-order valence-electron chi connectivity index (χ2n) is 6.46. The van der Waals surface area contributed by atoms with Crippen molar-refractivity contribution in [1.29, 1.82) is 0 Å². The Balaban J connectivity index is 1.61. The van der Waals surface area contributed by atoms with Gasteiger partial charge in [0.05, 0.1) is 19.4 Å². The number of aromatic nitrogens is 1. The van der Waals surface area contributed by atoms with E-state index in [1.165, 1.54) is 5.56 Å². The highest BCUT2D eigenvalue weighted by Crippen LogP contribution is 2.37. The van der Waals surface area contributed by atoms with Crippen LogP contribution in [-0.4, -0.2) is 24.8 Å². The van der Waals surface area contributed by atoms with Crippen molar-refractivity contribution >= 4 is 5.69 Å². The van der Waals surface area contributed by atoms with Crippen LogP contribution in [0.2, 0.25) is 0 Å². The molecule has 2 heterocycles. The minimum atomic E-state index is -0.0949. The summed E-state index contributed by atoms with van der Waals surface area (Å²) in [4.78, 5) is 2.26. The Morgan fingerprint density at radius 2 is 1.88 bits per heavy atom. The van der Waals surface area contributed by atoms with Crippen LogP contribution in [0.3, 0.4) is 0 Å². The zero-order valence-electron chi connectivity index (χ0n) is 15.3. The van der Waals surface area contributed by atoms with Crippen LogP contribution in [0.25, 0.3) is 5.69 Å². The van der Waals surface area contributed by atoms with E-state index in [2.05, 4.69) is 65.2 Å². The molecule has 0 amide bonds. The predicted molar refractivity (Wildman–Crippen MR) is 104 cm³/mol. The molecule has 0 aliphatic carbocycles. The van der Waals surface area contributed by atoms with Crippen LogP contribution < -0.4 is 9.64 Å². The third-order valence-electron chi connectivity index (χ3n) is 4.93. The van der Waals surface area contributed by atoms with Crippen LogP contribution >= 0.6 is 0 Å². The standard InChI is InChI=1S/C22H24N2O2/c1-3-17-8-10-19(11-9-17)23-13-12-18(16-23)22-24(14-15-26-22)20-6-4-5-7-21(20)25-2/h4-13,16,22H,3,14-15H2,1-2H3/t22-/m1/s1. The van der Waals surface area contributed by atoms with E-state index in [4.69, 9.17) is 9.47 Å². The Morgan fingerprint density at radius 1 is 1.08 bits per heavy atom. The highest BCUT2D eigenvalue weighted by Gasteiger charge is 2.29. The molecule has 2 aromatic carbocycles. The fourth-order valence-corrected chi connectivity index (χ4v) is 3.48. The van der Waals surface area contributed by atoms with Crippen molar-refractivity contribution in [2.75, 3.05) is 25.2 Å². The molecule has 0 radical (unpaired) electrons. The van der Waals surface area contributed by atoms with Crippen molar-refractivity contribution in [2.45, 2.75) is 19.6 Å². The van der Waals surface area contributed by atoms with E-state index in [-0.39, 0.29) is 6.23 Å². The molecule has 0 N–H and O–H groups in total. The molecule has 26 heavy (non-hydrogen) atoms. The van der Waals surface area contributed by atoms with Crippen LogP contribution in [0.4, 0.5) is 5.69 Å². The van der Waals surface area contributed by atoms with Crippen molar-refractivity contribution in [3.63, 3.8) is 0 Å². The fraction of sp³-hybridized carbons (Fsp3) is 0.273. The van der Waals surface area contributed by atoms with Gasteiger partial charge in [-0.1, -0.05) is 31.2 Å². The summed E-state index contributed by atoms with van der Waals surface area (Å²) in [5.74, 6) is 0.873. The first kappa shape index (κ1) is 16.7. The second kappa shape index (κ2) is 7.26. The van der Waals surface area contributed by atoms with E-state index < -0.39 is 0 Å². The van der Waals surface area contributed by atoms with Crippen molar-refractivity contribution in [3.8, 4) is 11.4 Å². The van der Waals surface area contributed by atoms with Gasteiger partial charge in [-0.2, -0.15) is 0 Å². The Morgan fingerprint density at radius 3 is 2.65 bits per heavy atom. The van der Waals surface area contributed by atoms with E-state index in [1.807, 2.05) is 18.2 Å². The first-order valence-electron chi connectivity index (χ1n) is 9.08. The van der Waals surface area contributed by atoms with E-state index in [0.717, 1.165) is 35.7 Å². The Labute approximate surface area is 154 Å². The van der Waals surface area contributed by atoms with Crippen molar-refractivity contribution < 1.29 is 9.47 Å². The average molecular weight is 348 g/mol. The number of ether oxygens (including phenoxy) is 2. The first-order valence-corrected chi connectivity index (χ1v) is 9.08. The maximum absolute atomic E-state index is 6.05. The molecule has 0 spiro atoms. The van der Waals surface area contributed by atoms with E-state index in [1.54, 1.807) is 7.11 Å². The number of hydrogen-bond donors (Lipinski definition) is 0. The minimum Gasteiger partial charge on any atom is -0.495 e. The highest BCUT2D eigenvalue weighted by atomic mass is 16.5. The summed E-state index contributed by atoms with van der Waals surface area (Å²) in [6.07, 6.45) is 5.21. The number of rotatable bonds is 5. The lowest BCUT2D eigenvalue weighted by Crippen LogP contribution is -2.23. The molecule has 0 unspecified atom stereocenters. The molecule has 0 saturated carbocycles. The second-order valence-corrected chi connectivity index (χ2v) is 6.46. The molecule has 4 nitrogen and oxygen atoms in total. The van der Waals surface area contributed by atoms with Crippen LogP contribution in [-0.2, 0) is 11.2 Å². The molecule has 4 rings (SSSR count). The summed E-state index contributed by atoms with van der Waals surface area (Å²) in [5.41, 5.74) is 4.73. The molecule has 1 aromatic heterocycles. The quantitative estimate of drug-likeness (QED) is 0.675. The molecule has 3 aromatic rings. The van der Waals surface area contributed by atoms with Crippen molar-refractivity contribution in [3.05, 3.63) is 78.1 Å². The predicted octanol–water partition coefficient (Wildman–Crippen LogP) is 4.58. The molecule has 1 aliphatic rings. The molecule has 1 saturated heterocycles. The van der Waals surface area contributed by atoms with Crippen molar-refractivity contribution in [1.82, 2.24) is 4.57 Å². The minimum absolute atomic E-state index is 0.0949. The topological polar surface area (TPSA) is 26.6 Å². The molecule has 4 heteroatoms. The smallest absolute Gasteiger partial charge is 0.158 e. The van der Waals surface area contributed by atoms with Crippen LogP contribution in [0.5, 0.6) is 5.75 Å². The number of nitrogens with zero attached hydrogens (tertiary/aromatic N) is 2. The lowest BCUT2D eigenvalue weighted by Gasteiger charge is -2.26. The van der Waals surface area contributed by atoms with Gasteiger partial charge in [-0.3, -0.25) is 0 Å². The van der Waals surface area contributed by atoms with E-state index >= 15 is 0 Å². The Hall–Kier alpha value is -2.72. The third-order valence-corrected chi connectivity index (χ3v) is 4.93. The third kappa shape index (κ3) is 3.08. The summed E-state index contributed by atoms with van der Waals surface area (Å²) in [6, 6.07) is 18.9. The first-order chi connectivity index (χ1) is 12.8. The summed E-state index contributed by atoms with van der Waals surface area (Å²) < 4.78 is 13.7. The number of methoxy groups -OCH3 is 1. The highest BCUT2D eigenvalue weighted by molar-refractivity contribution is 5.60. The number of hydrogen-bond acceptors (Lipinski definition) is 3. The molecule has 1 atom stereocenters. The van der Waals surface area contributed by atoms with Gasteiger partial charge in [-0.25, -0.2) is 0 Å². The maximum Gasteiger partial charge on any atom is 0.158 e. The maximum atomic E-state index is 6.05. The number of benzene rings is 2. The van der Waals surface area contributed by atoms with Gasteiger partial charge in [0.1, 0.15) is 5.75 Å². The average Bonchev–Trinajstić information content (AvgIpc) is 3.37. The largest absolute Gasteiger partial charge is 0.495 e. The van der Waals surface area contributed by atoms with E-state index in [0.29, 0.717) is 6.61 Å². The van der Waals surface area contributed by atoms with Crippen LogP contribution in [0.1, 0.15) is 24.3 Å². The number of aryl methyl sites for hydroxylation is 1. The zero-order chi connectivity index (χ0) is 17.9. The zero-order valence-corrected chi connectivity index (χ0v) is 15.3. The molecule has 1 fully saturated rings. The number of anilines is 1. The van der Waals surface area contributed by atoms with E-state index in [9.17, 15) is 0 Å². The van der Waals surface area contributed by atoms with Gasteiger partial charge in [-0.15, -0.1) is 0 Å². The Kier molecular flexibility index (Phi) is 4.67. The number of para-hydroxylation sites is 2. The normalized spacial score (nSPS) is 16.8. The van der Waals surface area contributed by atoms with Gasteiger partial charge in [0.15, 0.2) is 6.23 Å².